The fraction of sp³-hybridized carbons (Fsp3) is 0.0476. The summed E-state index contributed by atoms with van der Waals surface area (Å²) in [5.41, 5.74) is -0.191. The zero-order valence-corrected chi connectivity index (χ0v) is 17.5. The van der Waals surface area contributed by atoms with E-state index in [9.17, 15) is 22.8 Å². The van der Waals surface area contributed by atoms with Crippen LogP contribution in [0.3, 0.4) is 0 Å². The van der Waals surface area contributed by atoms with Gasteiger partial charge in [0.1, 0.15) is 34.3 Å². The molecule has 0 atom stereocenters. The SMILES string of the molecule is O=C(c1c(F)cc(F)cc1F)c1c[nH]c2c(=O)n(Cc3nc4cc(Br)cnc4[nH]3)ccc12. The molecule has 160 valence electrons. The minimum atomic E-state index is -1.32. The molecule has 0 fully saturated rings. The van der Waals surface area contributed by atoms with Gasteiger partial charge < -0.3 is 14.5 Å². The molecule has 32 heavy (non-hydrogen) atoms. The molecule has 4 heterocycles. The van der Waals surface area contributed by atoms with E-state index in [1.165, 1.54) is 23.0 Å². The maximum atomic E-state index is 14.1. The Morgan fingerprint density at radius 1 is 1.16 bits per heavy atom. The average Bonchev–Trinajstić information content (AvgIpc) is 3.33. The highest BCUT2D eigenvalue weighted by atomic mass is 79.9. The third kappa shape index (κ3) is 3.30. The molecule has 7 nitrogen and oxygen atoms in total. The van der Waals surface area contributed by atoms with Gasteiger partial charge in [-0.3, -0.25) is 9.59 Å². The van der Waals surface area contributed by atoms with Gasteiger partial charge in [0.25, 0.3) is 5.56 Å². The third-order valence-electron chi connectivity index (χ3n) is 4.97. The Hall–Kier alpha value is -3.73. The molecular weight excluding hydrogens is 491 g/mol. The van der Waals surface area contributed by atoms with Crippen molar-refractivity contribution in [3.05, 3.63) is 92.1 Å². The number of H-pyrrole nitrogens is 2. The van der Waals surface area contributed by atoms with Crippen LogP contribution in [0.4, 0.5) is 13.2 Å². The molecule has 0 unspecified atom stereocenters. The quantitative estimate of drug-likeness (QED) is 0.363. The van der Waals surface area contributed by atoms with Gasteiger partial charge in [-0.1, -0.05) is 0 Å². The third-order valence-corrected chi connectivity index (χ3v) is 5.40. The van der Waals surface area contributed by atoms with Crippen LogP contribution < -0.4 is 5.56 Å². The van der Waals surface area contributed by atoms with Gasteiger partial charge >= 0.3 is 0 Å². The molecule has 0 aliphatic heterocycles. The highest BCUT2D eigenvalue weighted by Gasteiger charge is 2.24. The monoisotopic (exact) mass is 501 g/mol. The first-order chi connectivity index (χ1) is 15.3. The van der Waals surface area contributed by atoms with E-state index in [0.717, 1.165) is 4.47 Å². The van der Waals surface area contributed by atoms with Crippen LogP contribution in [0, 0.1) is 17.5 Å². The number of halogens is 4. The van der Waals surface area contributed by atoms with Crippen LogP contribution in [-0.4, -0.2) is 30.3 Å². The van der Waals surface area contributed by atoms with Gasteiger partial charge in [0.2, 0.25) is 5.78 Å². The number of aromatic nitrogens is 5. The van der Waals surface area contributed by atoms with Crippen LogP contribution in [0.25, 0.3) is 22.1 Å². The smallest absolute Gasteiger partial charge is 0.275 e. The second-order valence-electron chi connectivity index (χ2n) is 7.02. The van der Waals surface area contributed by atoms with E-state index in [-0.39, 0.29) is 23.0 Å². The number of hydrogen-bond acceptors (Lipinski definition) is 4. The van der Waals surface area contributed by atoms with E-state index in [1.807, 2.05) is 0 Å². The van der Waals surface area contributed by atoms with Crippen molar-refractivity contribution in [2.75, 3.05) is 0 Å². The van der Waals surface area contributed by atoms with Crippen molar-refractivity contribution >= 4 is 43.8 Å². The fourth-order valence-corrected chi connectivity index (χ4v) is 3.84. The Bertz CT molecular complexity index is 1580. The number of ketones is 1. The molecule has 0 saturated heterocycles. The lowest BCUT2D eigenvalue weighted by Crippen LogP contribution is -2.20. The number of rotatable bonds is 4. The fourth-order valence-electron chi connectivity index (χ4n) is 3.52. The molecule has 0 spiro atoms. The summed E-state index contributed by atoms with van der Waals surface area (Å²) in [6, 6.07) is 4.12. The van der Waals surface area contributed by atoms with E-state index in [2.05, 4.69) is 35.9 Å². The van der Waals surface area contributed by atoms with E-state index < -0.39 is 34.4 Å². The minimum absolute atomic E-state index is 0.0794. The number of imidazole rings is 1. The Balaban J connectivity index is 1.53. The van der Waals surface area contributed by atoms with E-state index in [0.29, 0.717) is 29.1 Å². The Kier molecular flexibility index (Phi) is 4.70. The summed E-state index contributed by atoms with van der Waals surface area (Å²) in [6.07, 6.45) is 4.26. The number of nitrogens with zero attached hydrogens (tertiary/aromatic N) is 3. The average molecular weight is 502 g/mol. The van der Waals surface area contributed by atoms with Crippen molar-refractivity contribution < 1.29 is 18.0 Å². The number of fused-ring (bicyclic) bond motifs is 2. The Labute approximate surface area is 185 Å². The maximum absolute atomic E-state index is 14.1. The van der Waals surface area contributed by atoms with Crippen molar-refractivity contribution in [2.45, 2.75) is 6.54 Å². The molecule has 1 aromatic carbocycles. The first kappa shape index (κ1) is 20.2. The lowest BCUT2D eigenvalue weighted by atomic mass is 10.0. The molecule has 0 bridgehead atoms. The normalized spacial score (nSPS) is 11.5. The van der Waals surface area contributed by atoms with Gasteiger partial charge in [-0.05, 0) is 28.1 Å². The summed E-state index contributed by atoms with van der Waals surface area (Å²) >= 11 is 3.32. The largest absolute Gasteiger partial charge is 0.356 e. The number of carbonyl (C=O) groups is 1. The molecular formula is C21H11BrF3N5O2. The van der Waals surface area contributed by atoms with Gasteiger partial charge in [0, 0.05) is 46.1 Å². The van der Waals surface area contributed by atoms with E-state index in [1.54, 1.807) is 12.3 Å². The standard InChI is InChI=1S/C21H11BrF3N5O2/c22-9-3-15-20(27-6-9)29-16(28-15)8-30-2-1-11-12(7-26-18(11)21(30)32)19(31)17-13(24)4-10(23)5-14(17)25/h1-7,26H,8H2,(H,27,28,29). The molecule has 5 aromatic rings. The Morgan fingerprint density at radius 3 is 2.66 bits per heavy atom. The predicted octanol–water partition coefficient (Wildman–Crippen LogP) is 4.06. The van der Waals surface area contributed by atoms with Crippen molar-refractivity contribution in [3.63, 3.8) is 0 Å². The molecule has 0 aliphatic carbocycles. The molecule has 4 aromatic heterocycles. The zero-order valence-electron chi connectivity index (χ0n) is 15.9. The Morgan fingerprint density at radius 2 is 1.91 bits per heavy atom. The summed E-state index contributed by atoms with van der Waals surface area (Å²) in [5.74, 6) is -4.28. The summed E-state index contributed by atoms with van der Waals surface area (Å²) in [4.78, 5) is 40.0. The van der Waals surface area contributed by atoms with Crippen LogP contribution in [0.1, 0.15) is 21.7 Å². The van der Waals surface area contributed by atoms with E-state index >= 15 is 0 Å². The van der Waals surface area contributed by atoms with Gasteiger partial charge in [0.15, 0.2) is 5.65 Å². The molecule has 0 amide bonds. The van der Waals surface area contributed by atoms with Crippen LogP contribution in [-0.2, 0) is 6.54 Å². The number of aromatic amines is 2. The van der Waals surface area contributed by atoms with Crippen molar-refractivity contribution in [1.82, 2.24) is 24.5 Å². The van der Waals surface area contributed by atoms with Crippen LogP contribution in [0.2, 0.25) is 0 Å². The molecule has 11 heteroatoms. The molecule has 2 N–H and O–H groups in total. The molecule has 0 aliphatic rings. The maximum Gasteiger partial charge on any atom is 0.275 e. The predicted molar refractivity (Wildman–Crippen MR) is 113 cm³/mol. The summed E-state index contributed by atoms with van der Waals surface area (Å²) in [5, 5.41) is 0.189. The molecule has 5 rings (SSSR count). The number of hydrogen-bond donors (Lipinski definition) is 2. The van der Waals surface area contributed by atoms with Gasteiger partial charge in [0.05, 0.1) is 12.1 Å². The van der Waals surface area contributed by atoms with Crippen molar-refractivity contribution in [3.8, 4) is 0 Å². The summed E-state index contributed by atoms with van der Waals surface area (Å²) in [6.45, 7) is 0.103. The first-order valence-electron chi connectivity index (χ1n) is 9.21. The highest BCUT2D eigenvalue weighted by Crippen LogP contribution is 2.23. The first-order valence-corrected chi connectivity index (χ1v) is 10.0. The minimum Gasteiger partial charge on any atom is -0.356 e. The highest BCUT2D eigenvalue weighted by molar-refractivity contribution is 9.10. The summed E-state index contributed by atoms with van der Waals surface area (Å²) < 4.78 is 43.4. The van der Waals surface area contributed by atoms with Gasteiger partial charge in [-0.25, -0.2) is 23.1 Å². The molecule has 0 saturated carbocycles. The number of pyridine rings is 2. The lowest BCUT2D eigenvalue weighted by Gasteiger charge is -2.05. The van der Waals surface area contributed by atoms with Crippen LogP contribution in [0.15, 0.2) is 52.1 Å². The lowest BCUT2D eigenvalue weighted by molar-refractivity contribution is 0.103. The number of nitrogens with one attached hydrogen (secondary N) is 2. The topological polar surface area (TPSA) is 96.4 Å². The van der Waals surface area contributed by atoms with Crippen molar-refractivity contribution in [1.29, 1.82) is 0 Å². The second kappa shape index (κ2) is 7.45. The van der Waals surface area contributed by atoms with Gasteiger partial charge in [-0.15, -0.1) is 0 Å². The van der Waals surface area contributed by atoms with Crippen molar-refractivity contribution in [2.24, 2.45) is 0 Å². The van der Waals surface area contributed by atoms with Crippen LogP contribution in [0.5, 0.6) is 0 Å². The molecule has 0 radical (unpaired) electrons. The second-order valence-corrected chi connectivity index (χ2v) is 7.93. The number of benzene rings is 1. The zero-order chi connectivity index (χ0) is 22.6. The summed E-state index contributed by atoms with van der Waals surface area (Å²) in [7, 11) is 0. The van der Waals surface area contributed by atoms with E-state index in [4.69, 9.17) is 0 Å². The van der Waals surface area contributed by atoms with Gasteiger partial charge in [-0.2, -0.15) is 0 Å². The number of carbonyl (C=O) groups excluding carboxylic acids is 1. The van der Waals surface area contributed by atoms with Crippen LogP contribution >= 0.6 is 15.9 Å².